The van der Waals surface area contributed by atoms with E-state index in [-0.39, 0.29) is 5.56 Å². The molecule has 4 heteroatoms. The second-order valence-corrected chi connectivity index (χ2v) is 5.07. The number of hydrogen-bond donors (Lipinski definition) is 0. The number of rotatable bonds is 3. The van der Waals surface area contributed by atoms with E-state index >= 15 is 0 Å². The van der Waals surface area contributed by atoms with Crippen molar-refractivity contribution in [3.63, 3.8) is 0 Å². The Morgan fingerprint density at radius 3 is 1.62 bits per heavy atom. The minimum Gasteiger partial charge on any atom is -0.198 e. The summed E-state index contributed by atoms with van der Waals surface area (Å²) < 4.78 is 55.3. The standard InChI is InChI=1S/C17H12F4/c18-16(19)15(17(16,20)21,14-9-5-2-6-10-14)12-11-13-7-3-1-4-8-13/h1-12H/b12-11+. The highest BCUT2D eigenvalue weighted by Gasteiger charge is 2.95. The zero-order chi connectivity index (χ0) is 15.1. The van der Waals surface area contributed by atoms with E-state index in [1.807, 2.05) is 0 Å². The van der Waals surface area contributed by atoms with Gasteiger partial charge in [0.1, 0.15) is 0 Å². The maximum Gasteiger partial charge on any atom is 0.330 e. The Hall–Kier alpha value is -2.10. The quantitative estimate of drug-likeness (QED) is 0.704. The second kappa shape index (κ2) is 4.45. The van der Waals surface area contributed by atoms with Gasteiger partial charge in [-0.2, -0.15) is 17.6 Å². The van der Waals surface area contributed by atoms with Crippen molar-refractivity contribution in [1.82, 2.24) is 0 Å². The van der Waals surface area contributed by atoms with E-state index in [0.29, 0.717) is 5.56 Å². The highest BCUT2D eigenvalue weighted by molar-refractivity contribution is 5.60. The van der Waals surface area contributed by atoms with Gasteiger partial charge < -0.3 is 0 Å². The molecule has 21 heavy (non-hydrogen) atoms. The Morgan fingerprint density at radius 2 is 1.14 bits per heavy atom. The molecule has 0 spiro atoms. The van der Waals surface area contributed by atoms with Crippen molar-refractivity contribution in [2.75, 3.05) is 0 Å². The maximum absolute atomic E-state index is 13.8. The van der Waals surface area contributed by atoms with Crippen molar-refractivity contribution in [2.45, 2.75) is 17.3 Å². The highest BCUT2D eigenvalue weighted by Crippen LogP contribution is 2.73. The molecule has 108 valence electrons. The van der Waals surface area contributed by atoms with Crippen LogP contribution in [0.4, 0.5) is 17.6 Å². The normalized spacial score (nSPS) is 21.3. The minimum absolute atomic E-state index is 0.0767. The molecular weight excluding hydrogens is 280 g/mol. The molecule has 0 nitrogen and oxygen atoms in total. The molecule has 0 saturated heterocycles. The molecule has 0 radical (unpaired) electrons. The molecule has 0 bridgehead atoms. The van der Waals surface area contributed by atoms with Crippen LogP contribution in [0.25, 0.3) is 6.08 Å². The molecule has 1 aliphatic rings. The Bertz CT molecular complexity index is 646. The lowest BCUT2D eigenvalue weighted by Crippen LogP contribution is -2.15. The van der Waals surface area contributed by atoms with Crippen molar-refractivity contribution in [3.8, 4) is 0 Å². The largest absolute Gasteiger partial charge is 0.330 e. The fourth-order valence-electron chi connectivity index (χ4n) is 2.59. The summed E-state index contributed by atoms with van der Waals surface area (Å²) in [6.45, 7) is 0. The van der Waals surface area contributed by atoms with Crippen molar-refractivity contribution in [2.24, 2.45) is 0 Å². The Morgan fingerprint density at radius 1 is 0.667 bits per heavy atom. The third-order valence-electron chi connectivity index (χ3n) is 3.88. The molecule has 0 heterocycles. The molecule has 0 aliphatic heterocycles. The van der Waals surface area contributed by atoms with Crippen LogP contribution in [0.1, 0.15) is 11.1 Å². The molecule has 0 amide bonds. The summed E-state index contributed by atoms with van der Waals surface area (Å²) in [5, 5.41) is 0. The molecule has 3 rings (SSSR count). The second-order valence-electron chi connectivity index (χ2n) is 5.07. The summed E-state index contributed by atoms with van der Waals surface area (Å²) in [5.41, 5.74) is -2.03. The number of hydrogen-bond acceptors (Lipinski definition) is 0. The van der Waals surface area contributed by atoms with Gasteiger partial charge in [-0.15, -0.1) is 0 Å². The summed E-state index contributed by atoms with van der Waals surface area (Å²) in [7, 11) is 0. The Balaban J connectivity index is 2.07. The van der Waals surface area contributed by atoms with Gasteiger partial charge in [-0.3, -0.25) is 0 Å². The third kappa shape index (κ3) is 1.75. The maximum atomic E-state index is 13.8. The van der Waals surface area contributed by atoms with Crippen LogP contribution in [-0.2, 0) is 5.41 Å². The minimum atomic E-state index is -4.08. The van der Waals surface area contributed by atoms with Gasteiger partial charge in [0.15, 0.2) is 5.41 Å². The van der Waals surface area contributed by atoms with Crippen LogP contribution >= 0.6 is 0 Å². The van der Waals surface area contributed by atoms with Gasteiger partial charge in [0, 0.05) is 0 Å². The summed E-state index contributed by atoms with van der Waals surface area (Å²) in [6, 6.07) is 15.8. The monoisotopic (exact) mass is 292 g/mol. The summed E-state index contributed by atoms with van der Waals surface area (Å²) in [6.07, 6.45) is 2.25. The van der Waals surface area contributed by atoms with Crippen molar-refractivity contribution in [3.05, 3.63) is 77.9 Å². The van der Waals surface area contributed by atoms with Crippen LogP contribution in [0.2, 0.25) is 0 Å². The molecule has 0 aromatic heterocycles. The summed E-state index contributed by atoms with van der Waals surface area (Å²) in [5.74, 6) is -8.15. The van der Waals surface area contributed by atoms with Gasteiger partial charge in [0.2, 0.25) is 0 Å². The first-order valence-corrected chi connectivity index (χ1v) is 6.49. The number of halogens is 4. The molecule has 2 aromatic carbocycles. The SMILES string of the molecule is FC1(F)C(F)(F)C1(/C=C/c1ccccc1)c1ccccc1. The predicted molar refractivity (Wildman–Crippen MR) is 73.5 cm³/mol. The van der Waals surface area contributed by atoms with Gasteiger partial charge >= 0.3 is 11.8 Å². The first-order chi connectivity index (χ1) is 9.93. The van der Waals surface area contributed by atoms with E-state index in [4.69, 9.17) is 0 Å². The van der Waals surface area contributed by atoms with Crippen LogP contribution in [-0.4, -0.2) is 11.8 Å². The lowest BCUT2D eigenvalue weighted by atomic mass is 9.93. The van der Waals surface area contributed by atoms with Crippen molar-refractivity contribution >= 4 is 6.08 Å². The number of allylic oxidation sites excluding steroid dienone is 1. The van der Waals surface area contributed by atoms with Gasteiger partial charge in [0.05, 0.1) is 0 Å². The Kier molecular flexibility index (Phi) is 2.94. The summed E-state index contributed by atoms with van der Waals surface area (Å²) in [4.78, 5) is 0. The fourth-order valence-corrected chi connectivity index (χ4v) is 2.59. The third-order valence-corrected chi connectivity index (χ3v) is 3.88. The van der Waals surface area contributed by atoms with Gasteiger partial charge in [0.25, 0.3) is 0 Å². The number of benzene rings is 2. The van der Waals surface area contributed by atoms with Crippen LogP contribution in [0, 0.1) is 0 Å². The van der Waals surface area contributed by atoms with E-state index in [1.54, 1.807) is 36.4 Å². The lowest BCUT2D eigenvalue weighted by molar-refractivity contribution is -0.0278. The average molecular weight is 292 g/mol. The van der Waals surface area contributed by atoms with Crippen LogP contribution in [0.5, 0.6) is 0 Å². The van der Waals surface area contributed by atoms with Crippen LogP contribution in [0.15, 0.2) is 66.7 Å². The highest BCUT2D eigenvalue weighted by atomic mass is 19.3. The van der Waals surface area contributed by atoms with E-state index in [2.05, 4.69) is 0 Å². The van der Waals surface area contributed by atoms with Gasteiger partial charge in [-0.25, -0.2) is 0 Å². The molecule has 0 unspecified atom stereocenters. The zero-order valence-corrected chi connectivity index (χ0v) is 10.9. The first kappa shape index (κ1) is 13.9. The predicted octanol–water partition coefficient (Wildman–Crippen LogP) is 4.92. The zero-order valence-electron chi connectivity index (χ0n) is 10.9. The molecule has 2 aromatic rings. The first-order valence-electron chi connectivity index (χ1n) is 6.49. The molecular formula is C17H12F4. The fraction of sp³-hybridized carbons (Fsp3) is 0.176. The lowest BCUT2D eigenvalue weighted by Gasteiger charge is -2.10. The molecule has 1 fully saturated rings. The smallest absolute Gasteiger partial charge is 0.198 e. The summed E-state index contributed by atoms with van der Waals surface area (Å²) >= 11 is 0. The molecule has 1 aliphatic carbocycles. The van der Waals surface area contributed by atoms with E-state index in [9.17, 15) is 17.6 Å². The molecule has 0 N–H and O–H groups in total. The Labute approximate surface area is 119 Å². The van der Waals surface area contributed by atoms with Gasteiger partial charge in [-0.05, 0) is 11.1 Å². The number of alkyl halides is 4. The van der Waals surface area contributed by atoms with E-state index in [0.717, 1.165) is 6.08 Å². The van der Waals surface area contributed by atoms with E-state index in [1.165, 1.54) is 30.3 Å². The molecule has 1 saturated carbocycles. The van der Waals surface area contributed by atoms with Crippen LogP contribution in [0.3, 0.4) is 0 Å². The van der Waals surface area contributed by atoms with Crippen molar-refractivity contribution < 1.29 is 17.6 Å². The molecule has 0 atom stereocenters. The van der Waals surface area contributed by atoms with Crippen LogP contribution < -0.4 is 0 Å². The van der Waals surface area contributed by atoms with Gasteiger partial charge in [-0.1, -0.05) is 72.8 Å². The average Bonchev–Trinajstić information content (AvgIpc) is 2.85. The van der Waals surface area contributed by atoms with Crippen molar-refractivity contribution in [1.29, 1.82) is 0 Å². The van der Waals surface area contributed by atoms with E-state index < -0.39 is 17.3 Å². The topological polar surface area (TPSA) is 0 Å².